The van der Waals surface area contributed by atoms with Gasteiger partial charge in [-0.1, -0.05) is 89.1 Å². The molecule has 0 unspecified atom stereocenters. The van der Waals surface area contributed by atoms with E-state index >= 15 is 0 Å². The summed E-state index contributed by atoms with van der Waals surface area (Å²) in [6.45, 7) is 27.6. The normalized spacial score (nSPS) is 12.3. The molecule has 244 valence electrons. The number of halogens is 2. The van der Waals surface area contributed by atoms with Crippen LogP contribution in [-0.2, 0) is 37.0 Å². The summed E-state index contributed by atoms with van der Waals surface area (Å²) in [5.74, 6) is 0. The van der Waals surface area contributed by atoms with Crippen molar-refractivity contribution in [2.24, 2.45) is 0 Å². The van der Waals surface area contributed by atoms with Crippen LogP contribution < -0.4 is 24.8 Å². The molecular weight excluding hydrogens is 691 g/mol. The van der Waals surface area contributed by atoms with Gasteiger partial charge in [0.25, 0.3) is 0 Å². The smallest absolute Gasteiger partial charge is 1.00 e. The summed E-state index contributed by atoms with van der Waals surface area (Å²) in [4.78, 5) is 0. The van der Waals surface area contributed by atoms with Gasteiger partial charge in [-0.05, 0) is 108 Å². The first-order valence-electron chi connectivity index (χ1n) is 16.2. The van der Waals surface area contributed by atoms with Gasteiger partial charge in [-0.3, -0.25) is 6.08 Å². The molecule has 1 aliphatic carbocycles. The topological polar surface area (TPSA) is 0 Å². The average Bonchev–Trinajstić information content (AvgIpc) is 3.57. The fraction of sp³-hybridized carbons (Fsp3) is 0.341. The largest absolute Gasteiger partial charge is 4.00 e. The molecule has 0 fully saturated rings. The van der Waals surface area contributed by atoms with Gasteiger partial charge in [-0.15, -0.1) is 46.2 Å². The SMILES string of the molecule is Cc1cc(C)c(-c2cc3[cH-]c4cc(-c5c(C)cc(C)cc5C)c(C(C)(C)C)cc4c3cc2C(C)(C)C)c(C)c1.[C-]1=CC=CC1.[Cl-].[Cl-].[Zr+4]. The maximum atomic E-state index is 2.99. The Bertz CT molecular complexity index is 1770. The average molecular weight is 741 g/mol. The molecule has 0 amide bonds. The van der Waals surface area contributed by atoms with Gasteiger partial charge in [0.05, 0.1) is 0 Å². The van der Waals surface area contributed by atoms with Crippen LogP contribution in [0.4, 0.5) is 0 Å². The van der Waals surface area contributed by atoms with Crippen molar-refractivity contribution in [1.29, 1.82) is 0 Å². The van der Waals surface area contributed by atoms with E-state index in [4.69, 9.17) is 0 Å². The van der Waals surface area contributed by atoms with Crippen LogP contribution in [0, 0.1) is 47.6 Å². The maximum absolute atomic E-state index is 2.99. The minimum atomic E-state index is 0. The van der Waals surface area contributed by atoms with E-state index in [0.29, 0.717) is 0 Å². The van der Waals surface area contributed by atoms with Crippen LogP contribution in [-0.4, -0.2) is 0 Å². The second-order valence-electron chi connectivity index (χ2n) is 15.2. The third kappa shape index (κ3) is 8.47. The molecule has 0 atom stereocenters. The monoisotopic (exact) mass is 738 g/mol. The molecule has 0 aromatic heterocycles. The number of rotatable bonds is 2. The molecule has 0 aliphatic heterocycles. The molecule has 0 spiro atoms. The van der Waals surface area contributed by atoms with Crippen LogP contribution in [0.2, 0.25) is 0 Å². The van der Waals surface area contributed by atoms with Crippen molar-refractivity contribution in [3.05, 3.63) is 123 Å². The van der Waals surface area contributed by atoms with E-state index in [-0.39, 0.29) is 61.8 Å². The van der Waals surface area contributed by atoms with Crippen molar-refractivity contribution in [3.8, 4) is 22.3 Å². The first-order chi connectivity index (χ1) is 20.6. The van der Waals surface area contributed by atoms with Crippen molar-refractivity contribution >= 4 is 21.5 Å². The first kappa shape index (κ1) is 40.9. The minimum absolute atomic E-state index is 0. The standard InChI is InChI=1S/C39H45.C5H5.2ClH.Zr/c1-22-13-24(3)36(25(4)14-22)32-18-28-17-29-19-33(37-26(5)15-23(2)16-27(37)6)35(39(10,11)12)21-31(29)30(28)20-34(32)38(7,8)9;1-2-4-5-3-1;;;/h13-21H,1-12H3;1-3H,4H2;2*1H;/q2*-1;;;+4/p-2. The molecule has 47 heavy (non-hydrogen) atoms. The Morgan fingerprint density at radius 1 is 0.553 bits per heavy atom. The molecule has 1 aliphatic rings. The van der Waals surface area contributed by atoms with Gasteiger partial charge in [0, 0.05) is 0 Å². The summed E-state index contributed by atoms with van der Waals surface area (Å²) in [7, 11) is 0. The predicted molar refractivity (Wildman–Crippen MR) is 195 cm³/mol. The number of allylic oxidation sites excluding steroid dienone is 4. The first-order valence-corrected chi connectivity index (χ1v) is 16.2. The summed E-state index contributed by atoms with van der Waals surface area (Å²) in [6.07, 6.45) is 10.0. The second kappa shape index (κ2) is 15.5. The van der Waals surface area contributed by atoms with Crippen molar-refractivity contribution in [3.63, 3.8) is 0 Å². The van der Waals surface area contributed by atoms with Crippen LogP contribution >= 0.6 is 0 Å². The molecule has 3 heteroatoms. The van der Waals surface area contributed by atoms with Gasteiger partial charge in [0.15, 0.2) is 0 Å². The molecule has 6 rings (SSSR count). The van der Waals surface area contributed by atoms with Crippen molar-refractivity contribution < 1.29 is 51.0 Å². The van der Waals surface area contributed by atoms with Crippen LogP contribution in [0.15, 0.2) is 72.8 Å². The van der Waals surface area contributed by atoms with Gasteiger partial charge in [-0.2, -0.15) is 6.08 Å². The van der Waals surface area contributed by atoms with E-state index in [1.807, 2.05) is 12.2 Å². The van der Waals surface area contributed by atoms with Crippen molar-refractivity contribution in [1.82, 2.24) is 0 Å². The van der Waals surface area contributed by atoms with E-state index in [0.717, 1.165) is 6.42 Å². The molecule has 0 N–H and O–H groups in total. The van der Waals surface area contributed by atoms with E-state index in [1.165, 1.54) is 88.3 Å². The molecule has 5 aromatic rings. The number of hydrogen-bond donors (Lipinski definition) is 0. The predicted octanol–water partition coefficient (Wildman–Crippen LogP) is 6.80. The van der Waals surface area contributed by atoms with E-state index in [2.05, 4.69) is 150 Å². The second-order valence-corrected chi connectivity index (χ2v) is 15.2. The van der Waals surface area contributed by atoms with Crippen LogP contribution in [0.5, 0.6) is 0 Å². The number of fused-ring (bicyclic) bond motifs is 3. The quantitative estimate of drug-likeness (QED) is 0.175. The fourth-order valence-electron chi connectivity index (χ4n) is 7.31. The summed E-state index contributed by atoms with van der Waals surface area (Å²) in [6, 6.07) is 21.7. The molecule has 0 saturated carbocycles. The van der Waals surface area contributed by atoms with Crippen LogP contribution in [0.1, 0.15) is 92.5 Å². The van der Waals surface area contributed by atoms with Crippen LogP contribution in [0.3, 0.4) is 0 Å². The Labute approximate surface area is 316 Å². The van der Waals surface area contributed by atoms with Crippen molar-refractivity contribution in [2.75, 3.05) is 0 Å². The zero-order valence-electron chi connectivity index (χ0n) is 30.4. The maximum Gasteiger partial charge on any atom is 4.00 e. The van der Waals surface area contributed by atoms with E-state index < -0.39 is 0 Å². The minimum Gasteiger partial charge on any atom is -1.00 e. The molecule has 5 aromatic carbocycles. The zero-order valence-corrected chi connectivity index (χ0v) is 34.4. The fourth-order valence-corrected chi connectivity index (χ4v) is 7.31. The number of hydrogen-bond acceptors (Lipinski definition) is 0. The molecule has 0 heterocycles. The van der Waals surface area contributed by atoms with Gasteiger partial charge in [0.2, 0.25) is 0 Å². The molecule has 0 bridgehead atoms. The van der Waals surface area contributed by atoms with E-state index in [1.54, 1.807) is 0 Å². The molecule has 0 nitrogen and oxygen atoms in total. The van der Waals surface area contributed by atoms with Gasteiger partial charge in [-0.25, -0.2) is 12.2 Å². The Morgan fingerprint density at radius 2 is 0.915 bits per heavy atom. The summed E-state index contributed by atoms with van der Waals surface area (Å²) >= 11 is 0. The van der Waals surface area contributed by atoms with Gasteiger partial charge < -0.3 is 24.8 Å². The van der Waals surface area contributed by atoms with Crippen molar-refractivity contribution in [2.45, 2.75) is 100 Å². The van der Waals surface area contributed by atoms with E-state index in [9.17, 15) is 0 Å². The Hall–Kier alpha value is -2.31. The summed E-state index contributed by atoms with van der Waals surface area (Å²) in [5, 5.41) is 5.41. The Balaban J connectivity index is 0.000000879. The van der Waals surface area contributed by atoms with Gasteiger partial charge in [0.1, 0.15) is 0 Å². The zero-order chi connectivity index (χ0) is 32.1. The third-order valence-electron chi connectivity index (χ3n) is 9.08. The summed E-state index contributed by atoms with van der Waals surface area (Å²) < 4.78 is 0. The number of benzene rings is 4. The Kier molecular flexibility index (Phi) is 13.5. The van der Waals surface area contributed by atoms with Crippen LogP contribution in [0.25, 0.3) is 43.8 Å². The Morgan fingerprint density at radius 3 is 1.17 bits per heavy atom. The summed E-state index contributed by atoms with van der Waals surface area (Å²) in [5.41, 5.74) is 16.5. The molecule has 0 saturated heterocycles. The molecular formula is C44H50Cl2Zr. The van der Waals surface area contributed by atoms with Gasteiger partial charge >= 0.3 is 26.2 Å². The molecule has 0 radical (unpaired) electrons. The number of aryl methyl sites for hydroxylation is 6. The third-order valence-corrected chi connectivity index (χ3v) is 9.08.